The maximum absolute atomic E-state index is 13.9. The normalized spacial score (nSPS) is 14.7. The lowest BCUT2D eigenvalue weighted by Gasteiger charge is -2.26. The quantitative estimate of drug-likeness (QED) is 0.224. The van der Waals surface area contributed by atoms with Crippen LogP contribution >= 0.6 is 0 Å². The van der Waals surface area contributed by atoms with Crippen LogP contribution in [0.4, 0.5) is 5.69 Å². The fourth-order valence-corrected chi connectivity index (χ4v) is 5.06. The summed E-state index contributed by atoms with van der Waals surface area (Å²) < 4.78 is 17.8. The van der Waals surface area contributed by atoms with Gasteiger partial charge in [-0.1, -0.05) is 50.5 Å². The molecule has 1 aromatic heterocycles. The van der Waals surface area contributed by atoms with Gasteiger partial charge in [0.25, 0.3) is 5.91 Å². The summed E-state index contributed by atoms with van der Waals surface area (Å²) in [5.74, 6) is 0.933. The molecule has 6 heteroatoms. The van der Waals surface area contributed by atoms with E-state index in [9.17, 15) is 9.59 Å². The van der Waals surface area contributed by atoms with Gasteiger partial charge in [0.1, 0.15) is 5.58 Å². The van der Waals surface area contributed by atoms with Crippen molar-refractivity contribution in [2.24, 2.45) is 0 Å². The van der Waals surface area contributed by atoms with Crippen LogP contribution in [0.25, 0.3) is 11.0 Å². The number of para-hydroxylation sites is 1. The second kappa shape index (κ2) is 10.7. The lowest BCUT2D eigenvalue weighted by molar-refractivity contribution is 0.0971. The van der Waals surface area contributed by atoms with Crippen molar-refractivity contribution >= 4 is 22.6 Å². The van der Waals surface area contributed by atoms with Crippen molar-refractivity contribution < 1.29 is 18.7 Å². The Morgan fingerprint density at radius 2 is 1.71 bits per heavy atom. The number of nitrogens with zero attached hydrogens (tertiary/aromatic N) is 1. The second-order valence-electron chi connectivity index (χ2n) is 9.84. The Morgan fingerprint density at radius 3 is 2.47 bits per heavy atom. The Hall–Kier alpha value is -4.06. The highest BCUT2D eigenvalue weighted by molar-refractivity contribution is 6.10. The molecule has 0 radical (unpaired) electrons. The van der Waals surface area contributed by atoms with Crippen LogP contribution in [0.1, 0.15) is 71.5 Å². The van der Waals surface area contributed by atoms with E-state index in [1.54, 1.807) is 36.3 Å². The molecule has 1 unspecified atom stereocenters. The van der Waals surface area contributed by atoms with Gasteiger partial charge in [-0.2, -0.15) is 0 Å². The number of unbranched alkanes of at least 4 members (excludes halogenated alkanes) is 3. The van der Waals surface area contributed by atoms with Gasteiger partial charge < -0.3 is 13.9 Å². The first-order valence-corrected chi connectivity index (χ1v) is 13.2. The summed E-state index contributed by atoms with van der Waals surface area (Å²) in [6, 6.07) is 17.9. The first-order valence-electron chi connectivity index (χ1n) is 13.2. The van der Waals surface area contributed by atoms with Crippen LogP contribution in [0.3, 0.4) is 0 Å². The number of anilines is 1. The highest BCUT2D eigenvalue weighted by Gasteiger charge is 2.44. The standard InChI is InChI=1S/C32H33NO5/c1-5-6-7-10-17-37-26-16-14-22(19-27(26)36-4)29-28-30(34)24-11-8-9-12-25(24)38-31(28)32(35)33(29)23-15-13-20(2)21(3)18-23/h8-9,11-16,18-19,29H,5-7,10,17H2,1-4H3. The van der Waals surface area contributed by atoms with Crippen molar-refractivity contribution in [1.29, 1.82) is 0 Å². The molecule has 0 aliphatic carbocycles. The Balaban J connectivity index is 1.63. The number of carbonyl (C=O) groups excluding carboxylic acids is 1. The molecule has 1 atom stereocenters. The molecular weight excluding hydrogens is 478 g/mol. The molecule has 5 rings (SSSR count). The Kier molecular flexibility index (Phi) is 7.23. The zero-order chi connectivity index (χ0) is 26.8. The third-order valence-corrected chi connectivity index (χ3v) is 7.31. The molecule has 1 aliphatic rings. The average Bonchev–Trinajstić information content (AvgIpc) is 3.22. The lowest BCUT2D eigenvalue weighted by atomic mass is 9.97. The molecule has 1 amide bonds. The second-order valence-corrected chi connectivity index (χ2v) is 9.84. The van der Waals surface area contributed by atoms with Gasteiger partial charge in [-0.25, -0.2) is 0 Å². The molecule has 3 aromatic carbocycles. The molecule has 6 nitrogen and oxygen atoms in total. The first kappa shape index (κ1) is 25.6. The highest BCUT2D eigenvalue weighted by Crippen LogP contribution is 2.43. The van der Waals surface area contributed by atoms with Crippen LogP contribution in [-0.4, -0.2) is 19.6 Å². The SMILES string of the molecule is CCCCCCOc1ccc(C2c3c(oc4ccccc4c3=O)C(=O)N2c2ccc(C)c(C)c2)cc1OC. The van der Waals surface area contributed by atoms with Gasteiger partial charge >= 0.3 is 0 Å². The van der Waals surface area contributed by atoms with E-state index in [4.69, 9.17) is 13.9 Å². The van der Waals surface area contributed by atoms with Crippen molar-refractivity contribution in [2.75, 3.05) is 18.6 Å². The summed E-state index contributed by atoms with van der Waals surface area (Å²) in [7, 11) is 1.60. The van der Waals surface area contributed by atoms with Gasteiger partial charge in [0.15, 0.2) is 16.9 Å². The molecule has 2 heterocycles. The number of benzene rings is 3. The number of hydrogen-bond donors (Lipinski definition) is 0. The summed E-state index contributed by atoms with van der Waals surface area (Å²) >= 11 is 0. The summed E-state index contributed by atoms with van der Waals surface area (Å²) in [6.07, 6.45) is 4.43. The number of methoxy groups -OCH3 is 1. The Morgan fingerprint density at radius 1 is 0.895 bits per heavy atom. The highest BCUT2D eigenvalue weighted by atomic mass is 16.5. The number of aryl methyl sites for hydroxylation is 2. The molecular formula is C32H33NO5. The Labute approximate surface area is 222 Å². The van der Waals surface area contributed by atoms with Gasteiger partial charge in [-0.05, 0) is 73.4 Å². The molecule has 0 N–H and O–H groups in total. The van der Waals surface area contributed by atoms with Crippen molar-refractivity contribution in [2.45, 2.75) is 52.5 Å². The number of ether oxygens (including phenoxy) is 2. The van der Waals surface area contributed by atoms with Crippen LogP contribution in [0, 0.1) is 13.8 Å². The fourth-order valence-electron chi connectivity index (χ4n) is 5.06. The van der Waals surface area contributed by atoms with E-state index in [2.05, 4.69) is 6.92 Å². The van der Waals surface area contributed by atoms with Crippen LogP contribution in [0.15, 0.2) is 69.9 Å². The monoisotopic (exact) mass is 511 g/mol. The zero-order valence-corrected chi connectivity index (χ0v) is 22.4. The number of rotatable bonds is 9. The molecule has 1 aliphatic heterocycles. The maximum atomic E-state index is 13.9. The number of hydrogen-bond acceptors (Lipinski definition) is 5. The van der Waals surface area contributed by atoms with Gasteiger partial charge in [0, 0.05) is 5.69 Å². The third kappa shape index (κ3) is 4.55. The van der Waals surface area contributed by atoms with E-state index in [0.717, 1.165) is 29.5 Å². The summed E-state index contributed by atoms with van der Waals surface area (Å²) in [5, 5.41) is 0.449. The van der Waals surface area contributed by atoms with Gasteiger partial charge in [-0.3, -0.25) is 14.5 Å². The van der Waals surface area contributed by atoms with Gasteiger partial charge in [0.05, 0.1) is 30.7 Å². The zero-order valence-electron chi connectivity index (χ0n) is 22.4. The predicted molar refractivity (Wildman–Crippen MR) is 150 cm³/mol. The lowest BCUT2D eigenvalue weighted by Crippen LogP contribution is -2.29. The molecule has 4 aromatic rings. The van der Waals surface area contributed by atoms with E-state index in [0.29, 0.717) is 40.3 Å². The van der Waals surface area contributed by atoms with E-state index in [-0.39, 0.29) is 17.1 Å². The van der Waals surface area contributed by atoms with Crippen LogP contribution in [0.2, 0.25) is 0 Å². The third-order valence-electron chi connectivity index (χ3n) is 7.31. The van der Waals surface area contributed by atoms with Crippen LogP contribution < -0.4 is 19.8 Å². The maximum Gasteiger partial charge on any atom is 0.295 e. The minimum Gasteiger partial charge on any atom is -0.493 e. The predicted octanol–water partition coefficient (Wildman–Crippen LogP) is 7.13. The summed E-state index contributed by atoms with van der Waals surface area (Å²) in [5.41, 5.74) is 4.15. The average molecular weight is 512 g/mol. The van der Waals surface area contributed by atoms with Crippen molar-refractivity contribution in [3.05, 3.63) is 98.9 Å². The molecule has 0 fully saturated rings. The summed E-state index contributed by atoms with van der Waals surface area (Å²) in [4.78, 5) is 29.3. The molecule has 38 heavy (non-hydrogen) atoms. The largest absolute Gasteiger partial charge is 0.493 e. The molecule has 196 valence electrons. The number of carbonyl (C=O) groups is 1. The van der Waals surface area contributed by atoms with E-state index < -0.39 is 6.04 Å². The van der Waals surface area contributed by atoms with E-state index >= 15 is 0 Å². The first-order chi connectivity index (χ1) is 18.4. The smallest absolute Gasteiger partial charge is 0.295 e. The molecule has 0 bridgehead atoms. The fraction of sp³-hybridized carbons (Fsp3) is 0.312. The summed E-state index contributed by atoms with van der Waals surface area (Å²) in [6.45, 7) is 6.82. The number of amides is 1. The van der Waals surface area contributed by atoms with Crippen LogP contribution in [-0.2, 0) is 0 Å². The molecule has 0 spiro atoms. The Bertz CT molecular complexity index is 1550. The number of fused-ring (bicyclic) bond motifs is 2. The topological polar surface area (TPSA) is 69.0 Å². The van der Waals surface area contributed by atoms with Crippen LogP contribution in [0.5, 0.6) is 11.5 Å². The van der Waals surface area contributed by atoms with Crippen molar-refractivity contribution in [3.8, 4) is 11.5 Å². The van der Waals surface area contributed by atoms with Gasteiger partial charge in [-0.15, -0.1) is 0 Å². The van der Waals surface area contributed by atoms with Gasteiger partial charge in [0.2, 0.25) is 5.76 Å². The molecule has 0 saturated heterocycles. The van der Waals surface area contributed by atoms with Crippen molar-refractivity contribution in [3.63, 3.8) is 0 Å². The van der Waals surface area contributed by atoms with Crippen molar-refractivity contribution in [1.82, 2.24) is 0 Å². The van der Waals surface area contributed by atoms with E-state index in [1.165, 1.54) is 12.8 Å². The van der Waals surface area contributed by atoms with E-state index in [1.807, 2.05) is 50.2 Å². The molecule has 0 saturated carbocycles. The minimum atomic E-state index is -0.673. The minimum absolute atomic E-state index is 0.0761.